The van der Waals surface area contributed by atoms with E-state index in [1.165, 1.54) is 12.5 Å². The van der Waals surface area contributed by atoms with Gasteiger partial charge in [0.15, 0.2) is 0 Å². The maximum absolute atomic E-state index is 13.1. The average molecular weight is 502 g/mol. The van der Waals surface area contributed by atoms with Crippen molar-refractivity contribution in [2.45, 2.75) is 31.0 Å². The molecular weight excluding hydrogens is 474 g/mol. The summed E-state index contributed by atoms with van der Waals surface area (Å²) in [7, 11) is 0. The summed E-state index contributed by atoms with van der Waals surface area (Å²) in [6.07, 6.45) is 4.71. The molecule has 0 aliphatic carbocycles. The highest BCUT2D eigenvalue weighted by Gasteiger charge is 2.29. The average Bonchev–Trinajstić information content (AvgIpc) is 3.51. The second-order valence-corrected chi connectivity index (χ2v) is 8.18. The Kier molecular flexibility index (Phi) is 8.86. The number of carboxylic acids is 1. The quantitative estimate of drug-likeness (QED) is 0.147. The summed E-state index contributed by atoms with van der Waals surface area (Å²) in [5.74, 6) is -3.24. The molecule has 0 bridgehead atoms. The van der Waals surface area contributed by atoms with Crippen LogP contribution in [0.4, 0.5) is 0 Å². The topological polar surface area (TPSA) is 195 Å². The van der Waals surface area contributed by atoms with Crippen LogP contribution < -0.4 is 21.7 Å². The molecule has 0 fully saturated rings. The molecule has 2 aromatic heterocycles. The third-order valence-electron chi connectivity index (χ3n) is 5.35. The van der Waals surface area contributed by atoms with E-state index in [4.69, 9.17) is 5.73 Å². The van der Waals surface area contributed by atoms with Crippen LogP contribution in [0.2, 0.25) is 0 Å². The van der Waals surface area contributed by atoms with Gasteiger partial charge in [0.05, 0.1) is 12.9 Å². The van der Waals surface area contributed by atoms with Crippen molar-refractivity contribution in [3.8, 4) is 0 Å². The van der Waals surface area contributed by atoms with Gasteiger partial charge < -0.3 is 36.8 Å². The van der Waals surface area contributed by atoms with Gasteiger partial charge in [0.1, 0.15) is 18.1 Å². The van der Waals surface area contributed by atoms with Crippen LogP contribution in [0.15, 0.2) is 43.0 Å². The molecule has 1 aromatic carbocycles. The summed E-state index contributed by atoms with van der Waals surface area (Å²) in [5.41, 5.74) is 7.59. The Hall–Kier alpha value is -3.84. The molecule has 3 amide bonds. The lowest BCUT2D eigenvalue weighted by atomic mass is 10.0. The Bertz CT molecular complexity index is 1180. The van der Waals surface area contributed by atoms with Crippen molar-refractivity contribution < 1.29 is 24.3 Å². The highest BCUT2D eigenvalue weighted by Crippen LogP contribution is 2.19. The zero-order valence-corrected chi connectivity index (χ0v) is 19.5. The zero-order valence-electron chi connectivity index (χ0n) is 18.7. The molecule has 8 N–H and O–H groups in total. The Morgan fingerprint density at radius 2 is 1.71 bits per heavy atom. The monoisotopic (exact) mass is 501 g/mol. The molecule has 3 unspecified atom stereocenters. The number of imidazole rings is 1. The number of benzene rings is 1. The molecule has 0 aliphatic heterocycles. The Balaban J connectivity index is 1.71. The predicted molar refractivity (Wildman–Crippen MR) is 131 cm³/mol. The van der Waals surface area contributed by atoms with Crippen LogP contribution in [0.25, 0.3) is 10.9 Å². The fraction of sp³-hybridized carbons (Fsp3) is 0.318. The first-order chi connectivity index (χ1) is 16.8. The van der Waals surface area contributed by atoms with E-state index in [1.54, 1.807) is 6.20 Å². The van der Waals surface area contributed by atoms with E-state index < -0.39 is 41.8 Å². The first kappa shape index (κ1) is 25.8. The number of H-pyrrole nitrogens is 2. The number of aliphatic carboxylic acids is 1. The number of amides is 3. The number of aromatic nitrogens is 3. The van der Waals surface area contributed by atoms with Gasteiger partial charge in [0, 0.05) is 47.6 Å². The van der Waals surface area contributed by atoms with Gasteiger partial charge in [-0.1, -0.05) is 18.2 Å². The van der Waals surface area contributed by atoms with Crippen molar-refractivity contribution >= 4 is 47.2 Å². The number of fused-ring (bicyclic) bond motifs is 1. The molecule has 35 heavy (non-hydrogen) atoms. The normalized spacial score (nSPS) is 13.5. The van der Waals surface area contributed by atoms with Crippen molar-refractivity contribution in [1.82, 2.24) is 30.9 Å². The second kappa shape index (κ2) is 12.0. The first-order valence-corrected chi connectivity index (χ1v) is 11.4. The van der Waals surface area contributed by atoms with E-state index in [0.29, 0.717) is 5.69 Å². The fourth-order valence-electron chi connectivity index (χ4n) is 3.54. The van der Waals surface area contributed by atoms with Gasteiger partial charge in [0.25, 0.3) is 0 Å². The maximum Gasteiger partial charge on any atom is 0.326 e. The van der Waals surface area contributed by atoms with Crippen LogP contribution >= 0.6 is 12.6 Å². The van der Waals surface area contributed by atoms with Gasteiger partial charge in [-0.05, 0) is 11.6 Å². The number of carbonyl (C=O) groups excluding carboxylic acids is 3. The summed E-state index contributed by atoms with van der Waals surface area (Å²) in [6.45, 7) is -0.317. The number of para-hydroxylation sites is 1. The number of nitrogens with one attached hydrogen (secondary N) is 5. The zero-order chi connectivity index (χ0) is 25.4. The smallest absolute Gasteiger partial charge is 0.326 e. The lowest BCUT2D eigenvalue weighted by Crippen LogP contribution is -2.57. The van der Waals surface area contributed by atoms with Crippen LogP contribution in [0, 0.1) is 0 Å². The van der Waals surface area contributed by atoms with E-state index in [-0.39, 0.29) is 25.1 Å². The molecule has 3 atom stereocenters. The van der Waals surface area contributed by atoms with Crippen molar-refractivity contribution in [3.05, 3.63) is 54.2 Å². The summed E-state index contributed by atoms with van der Waals surface area (Å²) >= 11 is 4.14. The van der Waals surface area contributed by atoms with Gasteiger partial charge in [-0.2, -0.15) is 12.6 Å². The standard InChI is InChI=1S/C22H27N7O5S/c23-7-19(30)27-16(5-12-8-25-15-4-2-1-3-14(12)15)20(31)29-18(10-35)21(32)28-17(22(33)34)6-13-9-24-11-26-13/h1-4,8-9,11,16-18,25,35H,5-7,10,23H2,(H,24,26)(H,27,30)(H,28,32)(H,29,31)(H,33,34). The van der Waals surface area contributed by atoms with Crippen LogP contribution in [-0.2, 0) is 32.0 Å². The molecule has 13 heteroatoms. The third kappa shape index (κ3) is 6.83. The van der Waals surface area contributed by atoms with E-state index in [0.717, 1.165) is 16.5 Å². The third-order valence-corrected chi connectivity index (χ3v) is 5.71. The molecular formula is C22H27N7O5S. The molecule has 0 spiro atoms. The van der Waals surface area contributed by atoms with Gasteiger partial charge in [-0.25, -0.2) is 9.78 Å². The van der Waals surface area contributed by atoms with Crippen LogP contribution in [0.3, 0.4) is 0 Å². The number of nitrogens with zero attached hydrogens (tertiary/aromatic N) is 1. The van der Waals surface area contributed by atoms with Gasteiger partial charge in [0.2, 0.25) is 17.7 Å². The number of rotatable bonds is 12. The summed E-state index contributed by atoms with van der Waals surface area (Å²) in [5, 5.41) is 17.9. The fourth-order valence-corrected chi connectivity index (χ4v) is 3.80. The number of hydrogen-bond acceptors (Lipinski definition) is 7. The number of nitrogens with two attached hydrogens (primary N) is 1. The Morgan fingerprint density at radius 3 is 2.37 bits per heavy atom. The van der Waals surface area contributed by atoms with Crippen molar-refractivity contribution in [2.24, 2.45) is 5.73 Å². The van der Waals surface area contributed by atoms with Crippen LogP contribution in [0.5, 0.6) is 0 Å². The Morgan fingerprint density at radius 1 is 1.00 bits per heavy atom. The molecule has 186 valence electrons. The molecule has 0 saturated heterocycles. The lowest BCUT2D eigenvalue weighted by Gasteiger charge is -2.23. The van der Waals surface area contributed by atoms with E-state index in [9.17, 15) is 24.3 Å². The molecule has 3 aromatic rings. The predicted octanol–water partition coefficient (Wildman–Crippen LogP) is -0.896. The molecule has 2 heterocycles. The largest absolute Gasteiger partial charge is 0.480 e. The summed E-state index contributed by atoms with van der Waals surface area (Å²) in [6, 6.07) is 4.08. The number of carbonyl (C=O) groups is 4. The van der Waals surface area contributed by atoms with Crippen LogP contribution in [0.1, 0.15) is 11.3 Å². The van der Waals surface area contributed by atoms with Crippen molar-refractivity contribution in [3.63, 3.8) is 0 Å². The number of hydrogen-bond donors (Lipinski definition) is 8. The van der Waals surface area contributed by atoms with Crippen molar-refractivity contribution in [1.29, 1.82) is 0 Å². The van der Waals surface area contributed by atoms with Gasteiger partial charge >= 0.3 is 5.97 Å². The van der Waals surface area contributed by atoms with Gasteiger partial charge in [-0.3, -0.25) is 14.4 Å². The summed E-state index contributed by atoms with van der Waals surface area (Å²) in [4.78, 5) is 59.2. The van der Waals surface area contributed by atoms with E-state index >= 15 is 0 Å². The number of thiol groups is 1. The minimum Gasteiger partial charge on any atom is -0.480 e. The number of aromatic amines is 2. The van der Waals surface area contributed by atoms with E-state index in [1.807, 2.05) is 24.3 Å². The number of carboxylic acid groups (broad SMARTS) is 1. The SMILES string of the molecule is NCC(=O)NC(Cc1c[nH]c2ccccc12)C(=O)NC(CS)C(=O)NC(Cc1cnc[nH]1)C(=O)O. The molecule has 3 rings (SSSR count). The highest BCUT2D eigenvalue weighted by molar-refractivity contribution is 7.80. The molecule has 0 saturated carbocycles. The second-order valence-electron chi connectivity index (χ2n) is 7.81. The highest BCUT2D eigenvalue weighted by atomic mass is 32.1. The minimum atomic E-state index is -1.25. The molecule has 0 radical (unpaired) electrons. The van der Waals surface area contributed by atoms with E-state index in [2.05, 4.69) is 43.5 Å². The Labute approximate surface area is 205 Å². The lowest BCUT2D eigenvalue weighted by molar-refractivity contribution is -0.142. The molecule has 12 nitrogen and oxygen atoms in total. The van der Waals surface area contributed by atoms with Crippen LogP contribution in [-0.4, -0.2) is 74.2 Å². The molecule has 0 aliphatic rings. The maximum atomic E-state index is 13.1. The first-order valence-electron chi connectivity index (χ1n) is 10.8. The minimum absolute atomic E-state index is 0.0238. The van der Waals surface area contributed by atoms with Crippen molar-refractivity contribution in [2.75, 3.05) is 12.3 Å². The van der Waals surface area contributed by atoms with Gasteiger partial charge in [-0.15, -0.1) is 0 Å². The summed E-state index contributed by atoms with van der Waals surface area (Å²) < 4.78 is 0.